The Morgan fingerprint density at radius 3 is 1.21 bits per heavy atom. The molecule has 6 heterocycles. The lowest BCUT2D eigenvalue weighted by Gasteiger charge is -2.58. The maximum atomic E-state index is 6.84. The van der Waals surface area contributed by atoms with Crippen molar-refractivity contribution in [2.45, 2.75) is 81.1 Å². The second kappa shape index (κ2) is 18.8. The first-order valence-corrected chi connectivity index (χ1v) is 32.8. The van der Waals surface area contributed by atoms with Gasteiger partial charge < -0.3 is 4.86 Å². The van der Waals surface area contributed by atoms with Crippen molar-refractivity contribution in [2.24, 2.45) is 22.6 Å². The third kappa shape index (κ3) is 8.66. The average molecular weight is 925 g/mol. The van der Waals surface area contributed by atoms with Crippen molar-refractivity contribution in [2.75, 3.05) is 105 Å². The van der Waals surface area contributed by atoms with E-state index >= 15 is 0 Å². The Morgan fingerprint density at radius 2 is 0.827 bits per heavy atom. The molecule has 304 valence electrons. The smallest absolute Gasteiger partial charge is 0.398 e. The van der Waals surface area contributed by atoms with Crippen LogP contribution in [0.25, 0.3) is 4.86 Å². The second-order valence-corrected chi connectivity index (χ2v) is 35.0. The fourth-order valence-corrected chi connectivity index (χ4v) is 39.7. The molecule has 0 radical (unpaired) electrons. The average Bonchev–Trinajstić information content (AvgIpc) is 3.10. The summed E-state index contributed by atoms with van der Waals surface area (Å²) >= 11 is 27.4. The van der Waals surface area contributed by atoms with Crippen molar-refractivity contribution < 1.29 is 0 Å². The molecule has 0 aromatic carbocycles. The maximum Gasteiger partial charge on any atom is 0.398 e. The van der Waals surface area contributed by atoms with Gasteiger partial charge in [0.25, 0.3) is 5.91 Å². The van der Waals surface area contributed by atoms with E-state index in [2.05, 4.69) is 92.8 Å². The topological polar surface area (TPSA) is 102 Å². The zero-order chi connectivity index (χ0) is 38.0. The summed E-state index contributed by atoms with van der Waals surface area (Å²) in [5.74, 6) is -5.55. The standard InChI is InChI=1S/2C14H32Cl2N7P3/c2*1-5-20-11-9-12-21(6-2)25(20)17-24(15,16)18-26(19-25)22(7-3)13-10-14-23(26)8-4/h2*5-14H2,1-4H3. The van der Waals surface area contributed by atoms with Gasteiger partial charge in [0.2, 0.25) is 15.0 Å². The quantitative estimate of drug-likeness (QED) is 0.222. The molecule has 0 bridgehead atoms. The first-order valence-electron chi connectivity index (χ1n) is 19.4. The number of hydrogen-bond donors (Lipinski definition) is 0. The van der Waals surface area contributed by atoms with E-state index < -0.39 is 42.2 Å². The molecule has 0 amide bonds. The third-order valence-corrected chi connectivity index (χ3v) is 36.6. The minimum atomic E-state index is -2.77. The summed E-state index contributed by atoms with van der Waals surface area (Å²) in [5.41, 5.74) is 0. The highest BCUT2D eigenvalue weighted by molar-refractivity contribution is 8.19. The highest BCUT2D eigenvalue weighted by Gasteiger charge is 2.58. The highest BCUT2D eigenvalue weighted by atomic mass is 35.9. The van der Waals surface area contributed by atoms with E-state index in [9.17, 15) is 0 Å². The second-order valence-electron chi connectivity index (χ2n) is 13.4. The van der Waals surface area contributed by atoms with Crippen molar-refractivity contribution in [1.29, 1.82) is 0 Å². The lowest BCUT2D eigenvalue weighted by Crippen LogP contribution is -2.43. The molecule has 0 aromatic heterocycles. The minimum absolute atomic E-state index is 0.920. The number of rotatable bonds is 8. The molecular formula is C28H64Cl4N14P6. The van der Waals surface area contributed by atoms with Gasteiger partial charge in [-0.25, -0.2) is 18.7 Å². The Hall–Kier alpha value is 2.38. The molecule has 6 rings (SSSR count). The van der Waals surface area contributed by atoms with Crippen LogP contribution >= 0.6 is 87.2 Å². The van der Waals surface area contributed by atoms with Crippen LogP contribution in [-0.4, -0.2) is 142 Å². The molecule has 0 atom stereocenters. The molecule has 4 saturated heterocycles. The maximum absolute atomic E-state index is 6.84. The molecule has 52 heavy (non-hydrogen) atoms. The number of nitrogens with zero attached hydrogens (tertiary/aromatic N) is 14. The van der Waals surface area contributed by atoms with E-state index in [4.69, 9.17) is 72.4 Å². The zero-order valence-corrected chi connectivity index (χ0v) is 41.0. The van der Waals surface area contributed by atoms with Crippen LogP contribution in [0.5, 0.6) is 0 Å². The predicted molar refractivity (Wildman–Crippen MR) is 237 cm³/mol. The van der Waals surface area contributed by atoms with E-state index in [0.29, 0.717) is 0 Å². The summed E-state index contributed by atoms with van der Waals surface area (Å²) in [6.45, 7) is 33.0. The van der Waals surface area contributed by atoms with E-state index in [1.165, 1.54) is 0 Å². The van der Waals surface area contributed by atoms with E-state index in [0.717, 1.165) is 130 Å². The van der Waals surface area contributed by atoms with Gasteiger partial charge >= 0.3 is 7.87 Å². The molecule has 6 aliphatic heterocycles. The number of hydrogen-bond acceptors (Lipinski definition) is 13. The van der Waals surface area contributed by atoms with Crippen LogP contribution in [0, 0.1) is 0 Å². The van der Waals surface area contributed by atoms with Gasteiger partial charge in [0.05, 0.1) is 7.51 Å². The molecule has 24 heteroatoms. The molecule has 0 unspecified atom stereocenters. The molecule has 0 saturated carbocycles. The van der Waals surface area contributed by atoms with Gasteiger partial charge in [0, 0.05) is 105 Å². The summed E-state index contributed by atoms with van der Waals surface area (Å²) < 4.78 is 46.0. The third-order valence-electron chi connectivity index (χ3n) is 10.7. The van der Waals surface area contributed by atoms with Crippen molar-refractivity contribution in [3.8, 4) is 0 Å². The summed E-state index contributed by atoms with van der Waals surface area (Å²) in [6.07, 6.45) is 4.56. The van der Waals surface area contributed by atoms with Crippen molar-refractivity contribution in [3.63, 3.8) is 0 Å². The first kappa shape index (κ1) is 45.5. The van der Waals surface area contributed by atoms with E-state index in [1.807, 2.05) is 0 Å². The Morgan fingerprint density at radius 1 is 0.462 bits per heavy atom. The molecular weight excluding hydrogens is 860 g/mol. The largest absolute Gasteiger partial charge is 0.522 e. The number of halogens is 4. The van der Waals surface area contributed by atoms with Crippen LogP contribution in [-0.2, 0) is 0 Å². The Bertz CT molecular complexity index is 1450. The van der Waals surface area contributed by atoms with Gasteiger partial charge in [-0.1, -0.05) is 73.1 Å². The fourth-order valence-electron chi connectivity index (χ4n) is 8.23. The summed E-state index contributed by atoms with van der Waals surface area (Å²) in [7, 11) is -9.15. The minimum Gasteiger partial charge on any atom is -0.522 e. The Labute approximate surface area is 335 Å². The van der Waals surface area contributed by atoms with Crippen LogP contribution in [0.4, 0.5) is 0 Å². The predicted octanol–water partition coefficient (Wildman–Crippen LogP) is 12.9. The lowest BCUT2D eigenvalue weighted by molar-refractivity contribution is 0.314. The van der Waals surface area contributed by atoms with Crippen molar-refractivity contribution in [3.05, 3.63) is 4.86 Å². The monoisotopic (exact) mass is 922 g/mol. The van der Waals surface area contributed by atoms with Crippen LogP contribution in [0.1, 0.15) is 81.1 Å². The molecule has 0 aliphatic carbocycles. The molecule has 4 fully saturated rings. The fraction of sp³-hybridized carbons (Fsp3) is 1.00. The van der Waals surface area contributed by atoms with Gasteiger partial charge in [-0.15, -0.1) is 9.34 Å². The Balaban J connectivity index is 0.000000201. The molecule has 4 spiro atoms. The zero-order valence-electron chi connectivity index (χ0n) is 32.6. The Kier molecular flexibility index (Phi) is 16.4. The van der Waals surface area contributed by atoms with E-state index in [-0.39, 0.29) is 0 Å². The lowest BCUT2D eigenvalue weighted by atomic mass is 10.4. The van der Waals surface area contributed by atoms with Crippen molar-refractivity contribution in [1.82, 2.24) is 37.4 Å². The molecule has 6 aliphatic rings. The molecule has 0 N–H and O–H groups in total. The summed E-state index contributed by atoms with van der Waals surface area (Å²) in [6, 6.07) is 0. The first-order chi connectivity index (χ1) is 24.7. The van der Waals surface area contributed by atoms with Crippen molar-refractivity contribution >= 4 is 87.2 Å². The van der Waals surface area contributed by atoms with Gasteiger partial charge in [0.1, 0.15) is 5.91 Å². The highest BCUT2D eigenvalue weighted by Crippen LogP contribution is 2.93. The van der Waals surface area contributed by atoms with Gasteiger partial charge in [0.15, 0.2) is 0 Å². The van der Waals surface area contributed by atoms with Crippen LogP contribution in [0.2, 0.25) is 0 Å². The normalized spacial score (nSPS) is 29.5. The van der Waals surface area contributed by atoms with Crippen LogP contribution < -0.4 is 0 Å². The van der Waals surface area contributed by atoms with Gasteiger partial charge in [-0.05, 0) is 62.0 Å². The summed E-state index contributed by atoms with van der Waals surface area (Å²) in [4.78, 5) is 5.04. The molecule has 14 nitrogen and oxygen atoms in total. The van der Waals surface area contributed by atoms with E-state index in [1.54, 1.807) is 0 Å². The van der Waals surface area contributed by atoms with Crippen LogP contribution in [0.15, 0.2) is 22.6 Å². The van der Waals surface area contributed by atoms with Crippen LogP contribution in [0.3, 0.4) is 0 Å². The van der Waals surface area contributed by atoms with Gasteiger partial charge in [-0.3, -0.25) is 9.34 Å². The summed E-state index contributed by atoms with van der Waals surface area (Å²) in [5, 5.41) is 0. The van der Waals surface area contributed by atoms with Gasteiger partial charge in [-0.2, -0.15) is 13.5 Å². The molecule has 0 aromatic rings. The SMILES string of the molecule is CCN1CCCN(CC)P12=NP(Cl)(Cl)=NP1(=N2)N(CC)CCCN1CC.CCN1CCCN(CC)P12=N[P+]1(N=P(Cl)(Cl)[N-]2)N(CC)CCCN1CC.